The molecule has 4 heteroatoms. The third-order valence-corrected chi connectivity index (χ3v) is 4.46. The lowest BCUT2D eigenvalue weighted by Gasteiger charge is -2.36. The van der Waals surface area contributed by atoms with Crippen molar-refractivity contribution in [2.75, 3.05) is 20.2 Å². The zero-order valence-electron chi connectivity index (χ0n) is 12.9. The molecule has 1 aliphatic rings. The number of halogens is 1. The summed E-state index contributed by atoms with van der Waals surface area (Å²) in [6.45, 7) is 3.90. The third-order valence-electron chi connectivity index (χ3n) is 4.46. The van der Waals surface area contributed by atoms with Crippen molar-refractivity contribution in [2.24, 2.45) is 5.41 Å². The SMILES string of the molecule is CCCC1(C(=O)Cc2ccc(OC)c(F)c2)CCNCC1. The van der Waals surface area contributed by atoms with E-state index in [2.05, 4.69) is 12.2 Å². The Morgan fingerprint density at radius 3 is 2.67 bits per heavy atom. The molecule has 1 N–H and O–H groups in total. The molecule has 116 valence electrons. The molecule has 0 amide bonds. The lowest BCUT2D eigenvalue weighted by molar-refractivity contribution is -0.130. The molecule has 0 atom stereocenters. The summed E-state index contributed by atoms with van der Waals surface area (Å²) in [5, 5.41) is 3.31. The molecule has 1 saturated heterocycles. The molecule has 0 unspecified atom stereocenters. The summed E-state index contributed by atoms with van der Waals surface area (Å²) in [5.74, 6) is 0.0596. The van der Waals surface area contributed by atoms with E-state index in [0.717, 1.165) is 44.3 Å². The first-order valence-corrected chi connectivity index (χ1v) is 7.68. The summed E-state index contributed by atoms with van der Waals surface area (Å²) >= 11 is 0. The Morgan fingerprint density at radius 2 is 2.10 bits per heavy atom. The number of carbonyl (C=O) groups is 1. The van der Waals surface area contributed by atoms with Gasteiger partial charge in [-0.1, -0.05) is 19.4 Å². The van der Waals surface area contributed by atoms with Gasteiger partial charge in [0.1, 0.15) is 5.78 Å². The molecule has 1 aliphatic heterocycles. The largest absolute Gasteiger partial charge is 0.494 e. The number of Topliss-reactive ketones (excluding diaryl/α,β-unsaturated/α-hetero) is 1. The maximum Gasteiger partial charge on any atom is 0.165 e. The first-order valence-electron chi connectivity index (χ1n) is 7.68. The standard InChI is InChI=1S/C17H24FNO2/c1-3-6-17(7-9-19-10-8-17)16(20)12-13-4-5-15(21-2)14(18)11-13/h4-5,11,19H,3,6-10,12H2,1-2H3. The fourth-order valence-electron chi connectivity index (χ4n) is 3.24. The molecule has 0 bridgehead atoms. The minimum Gasteiger partial charge on any atom is -0.494 e. The topological polar surface area (TPSA) is 38.3 Å². The van der Waals surface area contributed by atoms with Gasteiger partial charge in [0.2, 0.25) is 0 Å². The minimum atomic E-state index is -0.405. The summed E-state index contributed by atoms with van der Waals surface area (Å²) in [6, 6.07) is 4.78. The van der Waals surface area contributed by atoms with Crippen molar-refractivity contribution in [1.29, 1.82) is 0 Å². The monoisotopic (exact) mass is 293 g/mol. The molecule has 0 saturated carbocycles. The van der Waals surface area contributed by atoms with Crippen LogP contribution in [0.1, 0.15) is 38.2 Å². The third kappa shape index (κ3) is 3.62. The van der Waals surface area contributed by atoms with Crippen molar-refractivity contribution in [3.05, 3.63) is 29.6 Å². The van der Waals surface area contributed by atoms with Crippen LogP contribution in [0.2, 0.25) is 0 Å². The second kappa shape index (κ2) is 7.03. The van der Waals surface area contributed by atoms with E-state index >= 15 is 0 Å². The lowest BCUT2D eigenvalue weighted by Crippen LogP contribution is -2.42. The number of ether oxygens (including phenoxy) is 1. The Labute approximate surface area is 125 Å². The highest BCUT2D eigenvalue weighted by Gasteiger charge is 2.37. The molecule has 2 rings (SSSR count). The van der Waals surface area contributed by atoms with Gasteiger partial charge in [0.15, 0.2) is 11.6 Å². The van der Waals surface area contributed by atoms with Crippen molar-refractivity contribution < 1.29 is 13.9 Å². The van der Waals surface area contributed by atoms with Gasteiger partial charge in [-0.05, 0) is 50.0 Å². The van der Waals surface area contributed by atoms with Crippen LogP contribution < -0.4 is 10.1 Å². The van der Waals surface area contributed by atoms with Gasteiger partial charge >= 0.3 is 0 Å². The first kappa shape index (κ1) is 16.0. The van der Waals surface area contributed by atoms with Crippen LogP contribution >= 0.6 is 0 Å². The quantitative estimate of drug-likeness (QED) is 0.876. The van der Waals surface area contributed by atoms with E-state index in [-0.39, 0.29) is 16.9 Å². The molecule has 1 aromatic rings. The van der Waals surface area contributed by atoms with Gasteiger partial charge in [-0.15, -0.1) is 0 Å². The number of nitrogens with one attached hydrogen (secondary N) is 1. The number of methoxy groups -OCH3 is 1. The minimum absolute atomic E-state index is 0.219. The van der Waals surface area contributed by atoms with Gasteiger partial charge in [-0.25, -0.2) is 4.39 Å². The second-order valence-electron chi connectivity index (χ2n) is 5.85. The highest BCUT2D eigenvalue weighted by molar-refractivity contribution is 5.87. The second-order valence-corrected chi connectivity index (χ2v) is 5.85. The van der Waals surface area contributed by atoms with Crippen molar-refractivity contribution in [1.82, 2.24) is 5.32 Å². The summed E-state index contributed by atoms with van der Waals surface area (Å²) < 4.78 is 18.7. The van der Waals surface area contributed by atoms with Gasteiger partial charge in [0, 0.05) is 11.8 Å². The summed E-state index contributed by atoms with van der Waals surface area (Å²) in [4.78, 5) is 12.8. The van der Waals surface area contributed by atoms with Gasteiger partial charge in [-0.2, -0.15) is 0 Å². The fourth-order valence-corrected chi connectivity index (χ4v) is 3.24. The zero-order chi connectivity index (χ0) is 15.3. The molecular weight excluding hydrogens is 269 g/mol. The Hall–Kier alpha value is -1.42. The van der Waals surface area contributed by atoms with Gasteiger partial charge in [0.25, 0.3) is 0 Å². The molecule has 0 aromatic heterocycles. The summed E-state index contributed by atoms with van der Waals surface area (Å²) in [7, 11) is 1.44. The van der Waals surface area contributed by atoms with E-state index in [9.17, 15) is 9.18 Å². The number of ketones is 1. The van der Waals surface area contributed by atoms with E-state index in [1.165, 1.54) is 13.2 Å². The molecule has 21 heavy (non-hydrogen) atoms. The molecule has 0 spiro atoms. The first-order chi connectivity index (χ1) is 10.1. The Morgan fingerprint density at radius 1 is 1.38 bits per heavy atom. The molecule has 1 fully saturated rings. The number of piperidine rings is 1. The van der Waals surface area contributed by atoms with Gasteiger partial charge in [0.05, 0.1) is 7.11 Å². The van der Waals surface area contributed by atoms with Crippen molar-refractivity contribution in [2.45, 2.75) is 39.0 Å². The predicted molar refractivity (Wildman–Crippen MR) is 81.1 cm³/mol. The summed E-state index contributed by atoms with van der Waals surface area (Å²) in [5.41, 5.74) is 0.503. The molecule has 3 nitrogen and oxygen atoms in total. The van der Waals surface area contributed by atoms with Crippen LogP contribution in [0.5, 0.6) is 5.75 Å². The normalized spacial score (nSPS) is 17.5. The zero-order valence-corrected chi connectivity index (χ0v) is 12.9. The smallest absolute Gasteiger partial charge is 0.165 e. The van der Waals surface area contributed by atoms with Crippen LogP contribution in [0.4, 0.5) is 4.39 Å². The van der Waals surface area contributed by atoms with Crippen molar-refractivity contribution >= 4 is 5.78 Å². The Bertz CT molecular complexity index is 490. The van der Waals surface area contributed by atoms with Crippen LogP contribution in [-0.4, -0.2) is 26.0 Å². The van der Waals surface area contributed by atoms with Gasteiger partial charge < -0.3 is 10.1 Å². The number of hydrogen-bond donors (Lipinski definition) is 1. The van der Waals surface area contributed by atoms with Crippen molar-refractivity contribution in [3.63, 3.8) is 0 Å². The number of rotatable bonds is 6. The summed E-state index contributed by atoms with van der Waals surface area (Å²) in [6.07, 6.45) is 4.01. The Kier molecular flexibility index (Phi) is 5.34. The van der Waals surface area contributed by atoms with E-state index in [1.807, 2.05) is 0 Å². The van der Waals surface area contributed by atoms with E-state index in [1.54, 1.807) is 12.1 Å². The van der Waals surface area contributed by atoms with E-state index in [0.29, 0.717) is 6.42 Å². The maximum atomic E-state index is 13.7. The maximum absolute atomic E-state index is 13.7. The number of carbonyl (C=O) groups excluding carboxylic acids is 1. The van der Waals surface area contributed by atoms with Gasteiger partial charge in [-0.3, -0.25) is 4.79 Å². The molecule has 0 aliphatic carbocycles. The van der Waals surface area contributed by atoms with Crippen molar-refractivity contribution in [3.8, 4) is 5.75 Å². The van der Waals surface area contributed by atoms with Crippen LogP contribution in [-0.2, 0) is 11.2 Å². The fraction of sp³-hybridized carbons (Fsp3) is 0.588. The average Bonchev–Trinajstić information content (AvgIpc) is 2.48. The van der Waals surface area contributed by atoms with Crippen LogP contribution in [0.25, 0.3) is 0 Å². The number of hydrogen-bond acceptors (Lipinski definition) is 3. The molecular formula is C17H24FNO2. The average molecular weight is 293 g/mol. The lowest BCUT2D eigenvalue weighted by atomic mass is 9.70. The predicted octanol–water partition coefficient (Wildman–Crippen LogP) is 3.12. The highest BCUT2D eigenvalue weighted by Crippen LogP contribution is 2.36. The Balaban J connectivity index is 2.13. The number of benzene rings is 1. The molecule has 1 aromatic carbocycles. The molecule has 0 radical (unpaired) electrons. The highest BCUT2D eigenvalue weighted by atomic mass is 19.1. The van der Waals surface area contributed by atoms with Crippen LogP contribution in [0, 0.1) is 11.2 Å². The van der Waals surface area contributed by atoms with E-state index < -0.39 is 5.82 Å². The van der Waals surface area contributed by atoms with E-state index in [4.69, 9.17) is 4.74 Å². The molecule has 1 heterocycles. The van der Waals surface area contributed by atoms with Crippen LogP contribution in [0.15, 0.2) is 18.2 Å². The van der Waals surface area contributed by atoms with Crippen LogP contribution in [0.3, 0.4) is 0 Å².